The van der Waals surface area contributed by atoms with Crippen molar-refractivity contribution in [2.24, 2.45) is 5.73 Å². The molecule has 0 atom stereocenters. The summed E-state index contributed by atoms with van der Waals surface area (Å²) in [7, 11) is 0. The van der Waals surface area contributed by atoms with E-state index in [0.29, 0.717) is 0 Å². The number of halogens is 2. The van der Waals surface area contributed by atoms with Crippen molar-refractivity contribution in [3.63, 3.8) is 0 Å². The zero-order valence-electron chi connectivity index (χ0n) is 6.10. The highest BCUT2D eigenvalue weighted by atomic mass is 35.5. The molecule has 0 unspecified atom stereocenters. The summed E-state index contributed by atoms with van der Waals surface area (Å²) in [5.74, 6) is 0. The van der Waals surface area contributed by atoms with Gasteiger partial charge < -0.3 is 16.4 Å². The largest absolute Gasteiger partial charge is 0.356 e. The molecule has 1 heterocycles. The van der Waals surface area contributed by atoms with Crippen LogP contribution in [0.5, 0.6) is 0 Å². The Labute approximate surface area is 77.3 Å². The molecular weight excluding hydrogens is 189 g/mol. The fraction of sp³-hybridized carbons (Fsp3) is 0.800. The average molecular weight is 202 g/mol. The van der Waals surface area contributed by atoms with Crippen LogP contribution in [0.3, 0.4) is 0 Å². The second kappa shape index (κ2) is 9.97. The van der Waals surface area contributed by atoms with Crippen molar-refractivity contribution in [1.82, 2.24) is 10.6 Å². The molecule has 0 aliphatic carbocycles. The number of primary amides is 1. The summed E-state index contributed by atoms with van der Waals surface area (Å²) < 4.78 is 0. The van der Waals surface area contributed by atoms with Gasteiger partial charge in [-0.15, -0.1) is 12.4 Å². The van der Waals surface area contributed by atoms with E-state index in [9.17, 15) is 0 Å². The number of hydrogen-bond acceptors (Lipinski definition) is 3. The van der Waals surface area contributed by atoms with E-state index >= 15 is 0 Å². The molecule has 0 aromatic carbocycles. The molecule has 4 N–H and O–H groups in total. The molecule has 0 radical (unpaired) electrons. The summed E-state index contributed by atoms with van der Waals surface area (Å²) in [5.41, 5.74) is 4.24. The zero-order valence-corrected chi connectivity index (χ0v) is 7.67. The number of amides is 1. The van der Waals surface area contributed by atoms with E-state index in [1.165, 1.54) is 0 Å². The van der Waals surface area contributed by atoms with Gasteiger partial charge >= 0.3 is 5.37 Å². The molecule has 1 fully saturated rings. The summed E-state index contributed by atoms with van der Waals surface area (Å²) >= 11 is 4.41. The topological polar surface area (TPSA) is 67.2 Å². The lowest BCUT2D eigenvalue weighted by molar-refractivity contribution is 0.266. The van der Waals surface area contributed by atoms with Gasteiger partial charge in [-0.1, -0.05) is 0 Å². The highest BCUT2D eigenvalue weighted by Gasteiger charge is 1.91. The molecule has 1 aliphatic rings. The first kappa shape index (κ1) is 13.6. The summed E-state index contributed by atoms with van der Waals surface area (Å²) in [6, 6.07) is 0. The smallest absolute Gasteiger partial charge is 0.311 e. The van der Waals surface area contributed by atoms with Crippen LogP contribution in [0, 0.1) is 0 Å². The van der Waals surface area contributed by atoms with Crippen molar-refractivity contribution in [3.05, 3.63) is 0 Å². The number of hydrogen-bond donors (Lipinski definition) is 3. The van der Waals surface area contributed by atoms with E-state index in [2.05, 4.69) is 28.0 Å². The van der Waals surface area contributed by atoms with Crippen molar-refractivity contribution in [2.75, 3.05) is 26.2 Å². The van der Waals surface area contributed by atoms with Gasteiger partial charge in [-0.2, -0.15) is 0 Å². The number of rotatable bonds is 0. The van der Waals surface area contributed by atoms with Gasteiger partial charge in [-0.25, -0.2) is 0 Å². The summed E-state index contributed by atoms with van der Waals surface area (Å²) in [6.45, 7) is 4.56. The highest BCUT2D eigenvalue weighted by Crippen LogP contribution is 1.65. The molecule has 1 aliphatic heterocycles. The molecule has 6 heteroatoms. The lowest BCUT2D eigenvalue weighted by atomic mass is 10.4. The normalized spacial score (nSPS) is 15.4. The average Bonchev–Trinajstić information content (AvgIpc) is 1.90. The fourth-order valence-corrected chi connectivity index (χ4v) is 0.604. The Hall–Kier alpha value is -0.0300. The SMILES string of the molecule is C1CNCCN1.Cl.NC(=O)Cl. The first-order valence-electron chi connectivity index (χ1n) is 3.10. The lowest BCUT2D eigenvalue weighted by Gasteiger charge is -2.11. The summed E-state index contributed by atoms with van der Waals surface area (Å²) in [4.78, 5) is 8.99. The maximum Gasteiger partial charge on any atom is 0.311 e. The van der Waals surface area contributed by atoms with Crippen molar-refractivity contribution in [3.8, 4) is 0 Å². The molecule has 4 nitrogen and oxygen atoms in total. The predicted molar refractivity (Wildman–Crippen MR) is 48.4 cm³/mol. The van der Waals surface area contributed by atoms with Crippen molar-refractivity contribution < 1.29 is 4.79 Å². The molecule has 68 valence electrons. The maximum absolute atomic E-state index is 8.99. The molecule has 0 aromatic rings. The predicted octanol–water partition coefficient (Wildman–Crippen LogP) is -0.0951. The van der Waals surface area contributed by atoms with E-state index in [4.69, 9.17) is 4.79 Å². The Morgan fingerprint density at radius 3 is 1.45 bits per heavy atom. The van der Waals surface area contributed by atoms with E-state index in [-0.39, 0.29) is 12.4 Å². The summed E-state index contributed by atoms with van der Waals surface area (Å²) in [5, 5.41) is 5.58. The fourth-order valence-electron chi connectivity index (χ4n) is 0.604. The minimum atomic E-state index is -0.861. The highest BCUT2D eigenvalue weighted by molar-refractivity contribution is 6.62. The van der Waals surface area contributed by atoms with E-state index in [0.717, 1.165) is 26.2 Å². The first-order chi connectivity index (χ1) is 4.73. The van der Waals surface area contributed by atoms with E-state index in [1.807, 2.05) is 0 Å². The van der Waals surface area contributed by atoms with Gasteiger partial charge in [0.05, 0.1) is 0 Å². The number of nitrogens with one attached hydrogen (secondary N) is 2. The lowest BCUT2D eigenvalue weighted by Crippen LogP contribution is -2.39. The minimum absolute atomic E-state index is 0. The quantitative estimate of drug-likeness (QED) is 0.379. The van der Waals surface area contributed by atoms with Crippen molar-refractivity contribution in [2.45, 2.75) is 0 Å². The van der Waals surface area contributed by atoms with E-state index in [1.54, 1.807) is 0 Å². The Morgan fingerprint density at radius 1 is 1.18 bits per heavy atom. The van der Waals surface area contributed by atoms with Crippen LogP contribution in [0.15, 0.2) is 0 Å². The van der Waals surface area contributed by atoms with Crippen molar-refractivity contribution >= 4 is 29.4 Å². The van der Waals surface area contributed by atoms with Crippen molar-refractivity contribution in [1.29, 1.82) is 0 Å². The van der Waals surface area contributed by atoms with Gasteiger partial charge in [0.15, 0.2) is 0 Å². The molecule has 1 amide bonds. The zero-order chi connectivity index (χ0) is 7.82. The first-order valence-corrected chi connectivity index (χ1v) is 3.47. The molecule has 1 saturated heterocycles. The molecule has 11 heavy (non-hydrogen) atoms. The maximum atomic E-state index is 8.99. The van der Waals surface area contributed by atoms with Gasteiger partial charge in [-0.05, 0) is 11.6 Å². The monoisotopic (exact) mass is 201 g/mol. The Balaban J connectivity index is 0. The van der Waals surface area contributed by atoms with Gasteiger partial charge in [0.2, 0.25) is 0 Å². The third kappa shape index (κ3) is 17.8. The van der Waals surface area contributed by atoms with Crippen LogP contribution in [0.25, 0.3) is 0 Å². The van der Waals surface area contributed by atoms with Crippen LogP contribution in [0.4, 0.5) is 4.79 Å². The Bertz CT molecular complexity index is 82.2. The third-order valence-corrected chi connectivity index (χ3v) is 0.957. The van der Waals surface area contributed by atoms with Crippen LogP contribution < -0.4 is 16.4 Å². The van der Waals surface area contributed by atoms with Gasteiger partial charge in [0.25, 0.3) is 0 Å². The van der Waals surface area contributed by atoms with Gasteiger partial charge in [0, 0.05) is 26.2 Å². The molecule has 0 spiro atoms. The van der Waals surface area contributed by atoms with Crippen LogP contribution in [-0.4, -0.2) is 31.5 Å². The number of carbonyl (C=O) groups is 1. The second-order valence-electron chi connectivity index (χ2n) is 1.80. The van der Waals surface area contributed by atoms with Crippen LogP contribution in [0.1, 0.15) is 0 Å². The number of piperazine rings is 1. The standard InChI is InChI=1S/C4H10N2.CH2ClNO.ClH/c1-2-6-4-3-5-1;2-1(3)4;/h5-6H,1-4H2;(H2,3,4);1H. The van der Waals surface area contributed by atoms with Crippen LogP contribution in [-0.2, 0) is 0 Å². The number of nitrogens with two attached hydrogens (primary N) is 1. The molecule has 0 saturated carbocycles. The molecule has 0 bridgehead atoms. The minimum Gasteiger partial charge on any atom is -0.356 e. The third-order valence-electron chi connectivity index (χ3n) is 0.957. The Kier molecular flexibility index (Phi) is 12.3. The summed E-state index contributed by atoms with van der Waals surface area (Å²) in [6.07, 6.45) is 0. The second-order valence-corrected chi connectivity index (χ2v) is 2.18. The van der Waals surface area contributed by atoms with E-state index < -0.39 is 5.37 Å². The molecule has 0 aromatic heterocycles. The number of carbonyl (C=O) groups excluding carboxylic acids is 1. The Morgan fingerprint density at radius 2 is 1.36 bits per heavy atom. The van der Waals surface area contributed by atoms with Crippen LogP contribution >= 0.6 is 24.0 Å². The van der Waals surface area contributed by atoms with Gasteiger partial charge in [-0.3, -0.25) is 4.79 Å². The molecule has 1 rings (SSSR count). The van der Waals surface area contributed by atoms with Gasteiger partial charge in [0.1, 0.15) is 0 Å². The molecular formula is C5H13Cl2N3O. The van der Waals surface area contributed by atoms with Crippen LogP contribution in [0.2, 0.25) is 0 Å².